The van der Waals surface area contributed by atoms with Crippen molar-refractivity contribution in [3.05, 3.63) is 0 Å². The first-order valence-corrected chi connectivity index (χ1v) is 11.3. The van der Waals surface area contributed by atoms with Crippen LogP contribution in [0.25, 0.3) is 0 Å². The molecule has 0 heterocycles. The zero-order chi connectivity index (χ0) is 19.2. The monoisotopic (exact) mass is 366 g/mol. The Balaban J connectivity index is 1.79. The van der Waals surface area contributed by atoms with Gasteiger partial charge in [-0.3, -0.25) is 0 Å². The van der Waals surface area contributed by atoms with Crippen LogP contribution >= 0.6 is 0 Å². The van der Waals surface area contributed by atoms with Crippen molar-refractivity contribution >= 4 is 0 Å². The third kappa shape index (κ3) is 7.46. The fourth-order valence-electron chi connectivity index (χ4n) is 5.27. The molecular formula is C22H46N4. The third-order valence-electron chi connectivity index (χ3n) is 6.36. The van der Waals surface area contributed by atoms with Gasteiger partial charge < -0.3 is 21.3 Å². The van der Waals surface area contributed by atoms with Crippen molar-refractivity contribution in [3.8, 4) is 0 Å². The van der Waals surface area contributed by atoms with Gasteiger partial charge in [0.2, 0.25) is 0 Å². The van der Waals surface area contributed by atoms with E-state index in [2.05, 4.69) is 62.9 Å². The molecule has 0 radical (unpaired) electrons. The topological polar surface area (TPSA) is 48.1 Å². The molecule has 0 amide bonds. The van der Waals surface area contributed by atoms with Crippen LogP contribution < -0.4 is 21.3 Å². The SMILES string of the molecule is CNC1CCC(NC(C)CC(C)(C)NC2CCCCC2NC(C)C)CC1. The molecule has 0 aliphatic heterocycles. The molecule has 2 rings (SSSR count). The summed E-state index contributed by atoms with van der Waals surface area (Å²) in [5.41, 5.74) is 0.174. The van der Waals surface area contributed by atoms with Crippen LogP contribution in [0.3, 0.4) is 0 Å². The van der Waals surface area contributed by atoms with Crippen molar-refractivity contribution in [2.45, 2.75) is 134 Å². The molecule has 2 fully saturated rings. The Morgan fingerprint density at radius 2 is 1.38 bits per heavy atom. The first-order valence-electron chi connectivity index (χ1n) is 11.3. The van der Waals surface area contributed by atoms with E-state index in [0.29, 0.717) is 30.2 Å². The average Bonchev–Trinajstić information content (AvgIpc) is 2.56. The molecule has 4 nitrogen and oxygen atoms in total. The number of hydrogen-bond donors (Lipinski definition) is 4. The van der Waals surface area contributed by atoms with Gasteiger partial charge in [-0.25, -0.2) is 0 Å². The second kappa shape index (κ2) is 10.4. The van der Waals surface area contributed by atoms with Gasteiger partial charge >= 0.3 is 0 Å². The Labute approximate surface area is 163 Å². The lowest BCUT2D eigenvalue weighted by molar-refractivity contribution is 0.198. The quantitative estimate of drug-likeness (QED) is 0.504. The Kier molecular flexibility index (Phi) is 8.85. The minimum atomic E-state index is 0.174. The predicted molar refractivity (Wildman–Crippen MR) is 114 cm³/mol. The largest absolute Gasteiger partial charge is 0.317 e. The predicted octanol–water partition coefficient (Wildman–Crippen LogP) is 3.56. The van der Waals surface area contributed by atoms with Crippen molar-refractivity contribution in [1.29, 1.82) is 0 Å². The normalized spacial score (nSPS) is 32.0. The Hall–Kier alpha value is -0.160. The zero-order valence-corrected chi connectivity index (χ0v) is 18.3. The highest BCUT2D eigenvalue weighted by Gasteiger charge is 2.31. The fourth-order valence-corrected chi connectivity index (χ4v) is 5.27. The third-order valence-corrected chi connectivity index (χ3v) is 6.36. The molecule has 0 aromatic heterocycles. The van der Waals surface area contributed by atoms with Gasteiger partial charge in [-0.15, -0.1) is 0 Å². The number of nitrogens with one attached hydrogen (secondary N) is 4. The molecule has 4 heteroatoms. The first kappa shape index (κ1) is 22.1. The molecule has 0 aromatic rings. The second-order valence-corrected chi connectivity index (χ2v) is 9.96. The molecule has 0 spiro atoms. The van der Waals surface area contributed by atoms with E-state index in [1.165, 1.54) is 57.8 Å². The average molecular weight is 367 g/mol. The maximum absolute atomic E-state index is 4.02. The van der Waals surface area contributed by atoms with Crippen LogP contribution in [0.2, 0.25) is 0 Å². The summed E-state index contributed by atoms with van der Waals surface area (Å²) in [7, 11) is 2.10. The van der Waals surface area contributed by atoms with Crippen molar-refractivity contribution < 1.29 is 0 Å². The molecule has 3 atom stereocenters. The van der Waals surface area contributed by atoms with E-state index < -0.39 is 0 Å². The zero-order valence-electron chi connectivity index (χ0n) is 18.3. The molecule has 4 N–H and O–H groups in total. The van der Waals surface area contributed by atoms with Crippen molar-refractivity contribution in [2.75, 3.05) is 7.05 Å². The van der Waals surface area contributed by atoms with E-state index in [1.54, 1.807) is 0 Å². The molecular weight excluding hydrogens is 320 g/mol. The molecule has 26 heavy (non-hydrogen) atoms. The maximum atomic E-state index is 4.02. The van der Waals surface area contributed by atoms with Gasteiger partial charge in [0.1, 0.15) is 0 Å². The van der Waals surface area contributed by atoms with E-state index in [4.69, 9.17) is 0 Å². The molecule has 0 saturated heterocycles. The van der Waals surface area contributed by atoms with Crippen LogP contribution in [0.5, 0.6) is 0 Å². The standard InChI is InChI=1S/C22H46N4/c1-16(2)24-20-9-7-8-10-21(20)26-22(4,5)15-17(3)25-19-13-11-18(23-6)12-14-19/h16-21,23-26H,7-15H2,1-6H3. The van der Waals surface area contributed by atoms with Crippen LogP contribution in [-0.2, 0) is 0 Å². The smallest absolute Gasteiger partial charge is 0.0226 e. The van der Waals surface area contributed by atoms with Gasteiger partial charge in [0.15, 0.2) is 0 Å². The molecule has 2 aliphatic rings. The van der Waals surface area contributed by atoms with Crippen molar-refractivity contribution in [3.63, 3.8) is 0 Å². The van der Waals surface area contributed by atoms with E-state index in [0.717, 1.165) is 6.04 Å². The van der Waals surface area contributed by atoms with Gasteiger partial charge in [-0.1, -0.05) is 26.7 Å². The summed E-state index contributed by atoms with van der Waals surface area (Å²) in [4.78, 5) is 0. The molecule has 0 bridgehead atoms. The molecule has 154 valence electrons. The minimum absolute atomic E-state index is 0.174. The first-order chi connectivity index (χ1) is 12.3. The fraction of sp³-hybridized carbons (Fsp3) is 1.00. The summed E-state index contributed by atoms with van der Waals surface area (Å²) in [6.07, 6.45) is 11.8. The lowest BCUT2D eigenvalue weighted by Gasteiger charge is -2.41. The highest BCUT2D eigenvalue weighted by Crippen LogP contribution is 2.24. The van der Waals surface area contributed by atoms with Gasteiger partial charge in [0.25, 0.3) is 0 Å². The highest BCUT2D eigenvalue weighted by atomic mass is 15.1. The van der Waals surface area contributed by atoms with Crippen LogP contribution in [0.15, 0.2) is 0 Å². The highest BCUT2D eigenvalue weighted by molar-refractivity contribution is 4.94. The number of rotatable bonds is 9. The number of hydrogen-bond acceptors (Lipinski definition) is 4. The summed E-state index contributed by atoms with van der Waals surface area (Å²) in [6, 6.07) is 3.81. The van der Waals surface area contributed by atoms with Gasteiger partial charge in [0, 0.05) is 41.8 Å². The molecule has 0 aromatic carbocycles. The molecule has 2 aliphatic carbocycles. The van der Waals surface area contributed by atoms with E-state index in [-0.39, 0.29) is 5.54 Å². The minimum Gasteiger partial charge on any atom is -0.317 e. The summed E-state index contributed by atoms with van der Waals surface area (Å²) in [6.45, 7) is 11.7. The Morgan fingerprint density at radius 3 is 1.96 bits per heavy atom. The van der Waals surface area contributed by atoms with Crippen LogP contribution in [0.1, 0.15) is 92.4 Å². The summed E-state index contributed by atoms with van der Waals surface area (Å²) in [5, 5.41) is 15.2. The molecule has 2 saturated carbocycles. The van der Waals surface area contributed by atoms with E-state index >= 15 is 0 Å². The van der Waals surface area contributed by atoms with E-state index in [9.17, 15) is 0 Å². The lowest BCUT2D eigenvalue weighted by Crippen LogP contribution is -2.58. The van der Waals surface area contributed by atoms with Crippen molar-refractivity contribution in [1.82, 2.24) is 21.3 Å². The second-order valence-electron chi connectivity index (χ2n) is 9.96. The summed E-state index contributed by atoms with van der Waals surface area (Å²) >= 11 is 0. The Bertz CT molecular complexity index is 388. The summed E-state index contributed by atoms with van der Waals surface area (Å²) in [5.74, 6) is 0. The van der Waals surface area contributed by atoms with Crippen LogP contribution in [-0.4, -0.2) is 48.8 Å². The van der Waals surface area contributed by atoms with Gasteiger partial charge in [-0.05, 0) is 72.8 Å². The maximum Gasteiger partial charge on any atom is 0.0226 e. The Morgan fingerprint density at radius 1 is 0.808 bits per heavy atom. The van der Waals surface area contributed by atoms with E-state index in [1.807, 2.05) is 0 Å². The lowest BCUT2D eigenvalue weighted by atomic mass is 9.85. The molecule has 3 unspecified atom stereocenters. The van der Waals surface area contributed by atoms with Crippen LogP contribution in [0.4, 0.5) is 0 Å². The summed E-state index contributed by atoms with van der Waals surface area (Å²) < 4.78 is 0. The van der Waals surface area contributed by atoms with Crippen molar-refractivity contribution in [2.24, 2.45) is 0 Å². The van der Waals surface area contributed by atoms with Gasteiger partial charge in [-0.2, -0.15) is 0 Å². The van der Waals surface area contributed by atoms with Gasteiger partial charge in [0.05, 0.1) is 0 Å². The van der Waals surface area contributed by atoms with Crippen LogP contribution in [0, 0.1) is 0 Å².